The van der Waals surface area contributed by atoms with Crippen molar-refractivity contribution in [2.75, 3.05) is 0 Å². The summed E-state index contributed by atoms with van der Waals surface area (Å²) >= 11 is 0. The van der Waals surface area contributed by atoms with E-state index in [0.717, 1.165) is 16.7 Å². The van der Waals surface area contributed by atoms with Crippen LogP contribution >= 0.6 is 0 Å². The van der Waals surface area contributed by atoms with E-state index in [4.69, 9.17) is 4.74 Å². The van der Waals surface area contributed by atoms with Gasteiger partial charge in [0.15, 0.2) is 5.70 Å². The lowest BCUT2D eigenvalue weighted by atomic mass is 9.87. The molecule has 0 saturated heterocycles. The summed E-state index contributed by atoms with van der Waals surface area (Å²) in [5, 5.41) is 0. The molecular weight excluding hydrogens is 298 g/mol. The smallest absolute Gasteiger partial charge is 0.363 e. The van der Waals surface area contributed by atoms with Gasteiger partial charge in [-0.05, 0) is 47.2 Å². The Hall–Kier alpha value is -2.68. The Labute approximate surface area is 142 Å². The third kappa shape index (κ3) is 3.30. The van der Waals surface area contributed by atoms with Gasteiger partial charge in [0.2, 0.25) is 5.90 Å². The van der Waals surface area contributed by atoms with Gasteiger partial charge in [-0.2, -0.15) is 0 Å². The fourth-order valence-electron chi connectivity index (χ4n) is 2.54. The second-order valence-corrected chi connectivity index (χ2v) is 7.02. The number of aryl methyl sites for hydroxylation is 1. The monoisotopic (exact) mass is 319 g/mol. The van der Waals surface area contributed by atoms with Gasteiger partial charge in [-0.25, -0.2) is 9.79 Å². The fourth-order valence-corrected chi connectivity index (χ4v) is 2.54. The minimum atomic E-state index is -0.409. The summed E-state index contributed by atoms with van der Waals surface area (Å²) in [5.41, 5.74) is 4.52. The minimum absolute atomic E-state index is 0.0859. The lowest BCUT2D eigenvalue weighted by Gasteiger charge is -2.18. The van der Waals surface area contributed by atoms with Gasteiger partial charge < -0.3 is 4.74 Å². The molecule has 0 fully saturated rings. The molecule has 0 spiro atoms. The summed E-state index contributed by atoms with van der Waals surface area (Å²) < 4.78 is 5.34. The van der Waals surface area contributed by atoms with E-state index in [1.165, 1.54) is 5.56 Å². The Balaban J connectivity index is 1.91. The topological polar surface area (TPSA) is 38.7 Å². The number of carbonyl (C=O) groups is 1. The molecule has 0 amide bonds. The van der Waals surface area contributed by atoms with Crippen molar-refractivity contribution in [3.8, 4) is 0 Å². The molecule has 3 rings (SSSR count). The van der Waals surface area contributed by atoms with Gasteiger partial charge in [0.05, 0.1) is 0 Å². The molecule has 3 nitrogen and oxygen atoms in total. The summed E-state index contributed by atoms with van der Waals surface area (Å²) in [7, 11) is 0. The van der Waals surface area contributed by atoms with Crippen LogP contribution in [0.5, 0.6) is 0 Å². The normalized spacial score (nSPS) is 16.2. The van der Waals surface area contributed by atoms with Crippen LogP contribution in [0.25, 0.3) is 6.08 Å². The summed E-state index contributed by atoms with van der Waals surface area (Å²) in [6.07, 6.45) is 1.77. The van der Waals surface area contributed by atoms with Gasteiger partial charge in [-0.1, -0.05) is 57.2 Å². The van der Waals surface area contributed by atoms with E-state index in [2.05, 4.69) is 37.9 Å². The first kappa shape index (κ1) is 16.2. The average molecular weight is 319 g/mol. The molecule has 0 unspecified atom stereocenters. The predicted octanol–water partition coefficient (Wildman–Crippen LogP) is 4.64. The van der Waals surface area contributed by atoms with Gasteiger partial charge in [0.1, 0.15) is 0 Å². The molecule has 0 saturated carbocycles. The molecule has 24 heavy (non-hydrogen) atoms. The third-order valence-corrected chi connectivity index (χ3v) is 4.10. The van der Waals surface area contributed by atoms with Crippen LogP contribution < -0.4 is 0 Å². The second-order valence-electron chi connectivity index (χ2n) is 7.02. The first-order chi connectivity index (χ1) is 11.3. The highest BCUT2D eigenvalue weighted by Crippen LogP contribution is 2.24. The molecule has 1 aliphatic heterocycles. The summed E-state index contributed by atoms with van der Waals surface area (Å²) in [6.45, 7) is 8.50. The Bertz CT molecular complexity index is 837. The highest BCUT2D eigenvalue weighted by molar-refractivity contribution is 6.12. The van der Waals surface area contributed by atoms with E-state index in [9.17, 15) is 4.79 Å². The number of hydrogen-bond acceptors (Lipinski definition) is 3. The lowest BCUT2D eigenvalue weighted by Crippen LogP contribution is -2.11. The molecule has 2 aromatic carbocycles. The SMILES string of the molecule is Cc1ccccc1/C=C1\N=C(c2ccc(C(C)(C)C)cc2)OC1=O. The van der Waals surface area contributed by atoms with E-state index in [1.54, 1.807) is 6.08 Å². The quantitative estimate of drug-likeness (QED) is 0.597. The van der Waals surface area contributed by atoms with Crippen LogP contribution in [0.4, 0.5) is 0 Å². The Morgan fingerprint density at radius 1 is 1.00 bits per heavy atom. The zero-order valence-corrected chi connectivity index (χ0v) is 14.5. The predicted molar refractivity (Wildman–Crippen MR) is 96.9 cm³/mol. The first-order valence-electron chi connectivity index (χ1n) is 8.04. The Morgan fingerprint density at radius 3 is 2.29 bits per heavy atom. The first-order valence-corrected chi connectivity index (χ1v) is 8.04. The van der Waals surface area contributed by atoms with Crippen molar-refractivity contribution >= 4 is 17.9 Å². The molecule has 1 heterocycles. The van der Waals surface area contributed by atoms with Crippen molar-refractivity contribution in [1.29, 1.82) is 0 Å². The van der Waals surface area contributed by atoms with Gasteiger partial charge in [0.25, 0.3) is 0 Å². The van der Waals surface area contributed by atoms with Gasteiger partial charge in [0, 0.05) is 5.56 Å². The Morgan fingerprint density at radius 2 is 1.67 bits per heavy atom. The summed E-state index contributed by atoms with van der Waals surface area (Å²) in [6, 6.07) is 15.9. The number of aliphatic imine (C=N–C) groups is 1. The highest BCUT2D eigenvalue weighted by atomic mass is 16.6. The summed E-state index contributed by atoms with van der Waals surface area (Å²) in [4.78, 5) is 16.5. The highest BCUT2D eigenvalue weighted by Gasteiger charge is 2.24. The number of hydrogen-bond donors (Lipinski definition) is 0. The van der Waals surface area contributed by atoms with E-state index in [1.807, 2.05) is 43.3 Å². The van der Waals surface area contributed by atoms with E-state index in [0.29, 0.717) is 11.6 Å². The van der Waals surface area contributed by atoms with Crippen molar-refractivity contribution in [3.63, 3.8) is 0 Å². The number of nitrogens with zero attached hydrogens (tertiary/aromatic N) is 1. The number of ether oxygens (including phenoxy) is 1. The zero-order valence-electron chi connectivity index (χ0n) is 14.5. The molecule has 1 aliphatic rings. The van der Waals surface area contributed by atoms with Crippen LogP contribution in [0.3, 0.4) is 0 Å². The van der Waals surface area contributed by atoms with Crippen LogP contribution in [-0.4, -0.2) is 11.9 Å². The van der Waals surface area contributed by atoms with Crippen LogP contribution in [-0.2, 0) is 14.9 Å². The molecule has 0 bridgehead atoms. The van der Waals surface area contributed by atoms with Crippen LogP contribution in [0.15, 0.2) is 59.2 Å². The van der Waals surface area contributed by atoms with Gasteiger partial charge in [-0.3, -0.25) is 0 Å². The van der Waals surface area contributed by atoms with Crippen LogP contribution in [0.1, 0.15) is 43.0 Å². The average Bonchev–Trinajstić information content (AvgIpc) is 2.90. The van der Waals surface area contributed by atoms with E-state index >= 15 is 0 Å². The van der Waals surface area contributed by atoms with Crippen molar-refractivity contribution in [1.82, 2.24) is 0 Å². The van der Waals surface area contributed by atoms with E-state index in [-0.39, 0.29) is 5.41 Å². The van der Waals surface area contributed by atoms with Gasteiger partial charge >= 0.3 is 5.97 Å². The molecule has 0 aromatic heterocycles. The number of rotatable bonds is 2. The second kappa shape index (κ2) is 6.08. The maximum atomic E-state index is 12.1. The largest absolute Gasteiger partial charge is 0.402 e. The number of carbonyl (C=O) groups excluding carboxylic acids is 1. The molecule has 0 radical (unpaired) electrons. The number of benzene rings is 2. The Kier molecular flexibility index (Phi) is 4.10. The molecule has 0 atom stereocenters. The minimum Gasteiger partial charge on any atom is -0.402 e. The standard InChI is InChI=1S/C21H21NO2/c1-14-7-5-6-8-16(14)13-18-20(23)24-19(22-18)15-9-11-17(12-10-15)21(2,3)4/h5-13H,1-4H3/b18-13-. The van der Waals surface area contributed by atoms with Crippen molar-refractivity contribution in [2.45, 2.75) is 33.1 Å². The molecule has 3 heteroatoms. The molecule has 0 N–H and O–H groups in total. The molecule has 122 valence electrons. The number of esters is 1. The maximum Gasteiger partial charge on any atom is 0.363 e. The number of cyclic esters (lactones) is 1. The van der Waals surface area contributed by atoms with E-state index < -0.39 is 5.97 Å². The van der Waals surface area contributed by atoms with Crippen LogP contribution in [0.2, 0.25) is 0 Å². The molecular formula is C21H21NO2. The van der Waals surface area contributed by atoms with Crippen LogP contribution in [0, 0.1) is 6.92 Å². The molecule has 0 aliphatic carbocycles. The zero-order chi connectivity index (χ0) is 17.3. The fraction of sp³-hybridized carbons (Fsp3) is 0.238. The molecule has 2 aromatic rings. The van der Waals surface area contributed by atoms with Gasteiger partial charge in [-0.15, -0.1) is 0 Å². The lowest BCUT2D eigenvalue weighted by molar-refractivity contribution is -0.129. The van der Waals surface area contributed by atoms with Crippen molar-refractivity contribution in [2.24, 2.45) is 4.99 Å². The van der Waals surface area contributed by atoms with Crippen molar-refractivity contribution < 1.29 is 9.53 Å². The maximum absolute atomic E-state index is 12.1. The third-order valence-electron chi connectivity index (χ3n) is 4.10. The summed E-state index contributed by atoms with van der Waals surface area (Å²) in [5.74, 6) is -0.0477. The van der Waals surface area contributed by atoms with Crippen molar-refractivity contribution in [3.05, 3.63) is 76.5 Å².